The molecule has 1 aromatic heterocycles. The second-order valence-electron chi connectivity index (χ2n) is 11.9. The Morgan fingerprint density at radius 1 is 0.786 bits per heavy atom. The number of hydrogen-bond acceptors (Lipinski definition) is 4. The van der Waals surface area contributed by atoms with E-state index in [1.54, 1.807) is 0 Å². The van der Waals surface area contributed by atoms with Gasteiger partial charge in [0.05, 0.1) is 30.5 Å². The van der Waals surface area contributed by atoms with Crippen molar-refractivity contribution in [3.8, 4) is 0 Å². The fourth-order valence-electron chi connectivity index (χ4n) is 8.06. The van der Waals surface area contributed by atoms with Crippen LogP contribution in [0.25, 0.3) is 38.2 Å². The van der Waals surface area contributed by atoms with Gasteiger partial charge in [-0.05, 0) is 60.7 Å². The smallest absolute Gasteiger partial charge is 0.286 e. The maximum Gasteiger partial charge on any atom is 0.286 e. The molecule has 6 heteroatoms. The second-order valence-corrected chi connectivity index (χ2v) is 11.9. The summed E-state index contributed by atoms with van der Waals surface area (Å²) in [4.78, 5) is 18.6. The van der Waals surface area contributed by atoms with Gasteiger partial charge in [-0.1, -0.05) is 54.3 Å². The van der Waals surface area contributed by atoms with E-state index in [0.717, 1.165) is 78.3 Å². The summed E-state index contributed by atoms with van der Waals surface area (Å²) in [5.74, 6) is 1.81. The molecule has 0 amide bonds. The third-order valence-corrected chi connectivity index (χ3v) is 9.83. The molecule has 4 aromatic carbocycles. The molecule has 0 saturated carbocycles. The zero-order valence-electron chi connectivity index (χ0n) is 23.8. The third-order valence-electron chi connectivity index (χ3n) is 9.83. The summed E-state index contributed by atoms with van der Waals surface area (Å²) >= 11 is 0. The van der Waals surface area contributed by atoms with Crippen LogP contribution in [0.2, 0.25) is 0 Å². The number of nitrogens with zero attached hydrogens (tertiary/aromatic N) is 4. The van der Waals surface area contributed by atoms with Crippen LogP contribution in [0, 0.1) is 0 Å². The van der Waals surface area contributed by atoms with Crippen LogP contribution in [0.5, 0.6) is 0 Å². The van der Waals surface area contributed by atoms with Crippen molar-refractivity contribution in [2.75, 3.05) is 23.4 Å². The summed E-state index contributed by atoms with van der Waals surface area (Å²) in [5, 5.41) is 18.9. The molecule has 42 heavy (non-hydrogen) atoms. The number of fused-ring (bicyclic) bond motifs is 10. The highest BCUT2D eigenvalue weighted by Crippen LogP contribution is 2.51. The summed E-state index contributed by atoms with van der Waals surface area (Å²) in [6, 6.07) is 25.5. The van der Waals surface area contributed by atoms with E-state index in [4.69, 9.17) is 0 Å². The summed E-state index contributed by atoms with van der Waals surface area (Å²) in [5.41, 5.74) is 7.18. The van der Waals surface area contributed by atoms with Crippen LogP contribution in [-0.2, 0) is 18.4 Å². The van der Waals surface area contributed by atoms with Gasteiger partial charge in [-0.3, -0.25) is 4.79 Å². The van der Waals surface area contributed by atoms with Crippen molar-refractivity contribution in [2.45, 2.75) is 32.2 Å². The number of anilines is 2. The lowest BCUT2D eigenvalue weighted by atomic mass is 9.77. The zero-order valence-corrected chi connectivity index (χ0v) is 23.8. The fourth-order valence-corrected chi connectivity index (χ4v) is 8.06. The molecule has 0 N–H and O–H groups in total. The van der Waals surface area contributed by atoms with E-state index in [2.05, 4.69) is 106 Å². The van der Waals surface area contributed by atoms with Crippen molar-refractivity contribution in [3.05, 3.63) is 107 Å². The molecule has 0 spiro atoms. The normalized spacial score (nSPS) is 20.1. The lowest BCUT2D eigenvalue weighted by Gasteiger charge is -2.38. The van der Waals surface area contributed by atoms with Crippen LogP contribution >= 0.6 is 0 Å². The van der Waals surface area contributed by atoms with Gasteiger partial charge in [-0.25, -0.2) is 9.13 Å². The molecule has 0 saturated heterocycles. The largest absolute Gasteiger partial charge is 0.871 e. The number of benzene rings is 4. The lowest BCUT2D eigenvalue weighted by molar-refractivity contribution is -0.647. The van der Waals surface area contributed by atoms with Gasteiger partial charge in [0, 0.05) is 41.1 Å². The third kappa shape index (κ3) is 2.89. The van der Waals surface area contributed by atoms with Crippen molar-refractivity contribution in [1.29, 1.82) is 0 Å². The molecule has 0 bridgehead atoms. The quantitative estimate of drug-likeness (QED) is 0.205. The maximum atomic E-state index is 14.1. The molecule has 4 heterocycles. The van der Waals surface area contributed by atoms with Gasteiger partial charge in [-0.2, -0.15) is 0 Å². The van der Waals surface area contributed by atoms with Crippen molar-refractivity contribution < 1.29 is 14.5 Å². The number of aromatic nitrogens is 2. The first-order chi connectivity index (χ1) is 20.5. The Labute approximate surface area is 243 Å². The first-order valence-electron chi connectivity index (χ1n) is 14.9. The van der Waals surface area contributed by atoms with Gasteiger partial charge in [0.25, 0.3) is 5.82 Å². The molecule has 0 atom stereocenters. The highest BCUT2D eigenvalue weighted by Gasteiger charge is 2.43. The molecule has 206 valence electrons. The van der Waals surface area contributed by atoms with Gasteiger partial charge in [-0.15, -0.1) is 0 Å². The monoisotopic (exact) mass is 550 g/mol. The van der Waals surface area contributed by atoms with Crippen LogP contribution < -0.4 is 19.5 Å². The van der Waals surface area contributed by atoms with E-state index >= 15 is 0 Å². The van der Waals surface area contributed by atoms with Gasteiger partial charge in [0.2, 0.25) is 0 Å². The second kappa shape index (κ2) is 8.35. The van der Waals surface area contributed by atoms with Crippen LogP contribution in [0.15, 0.2) is 101 Å². The van der Waals surface area contributed by atoms with Gasteiger partial charge < -0.3 is 14.9 Å². The molecule has 4 aliphatic rings. The van der Waals surface area contributed by atoms with Crippen LogP contribution in [0.4, 0.5) is 11.4 Å². The number of imidazole rings is 1. The minimum atomic E-state index is -0.0860. The number of allylic oxidation sites excluding steroid dienone is 4. The average Bonchev–Trinajstić information content (AvgIpc) is 3.49. The van der Waals surface area contributed by atoms with Crippen molar-refractivity contribution >= 4 is 55.3 Å². The highest BCUT2D eigenvalue weighted by atomic mass is 16.3. The minimum absolute atomic E-state index is 0.0860. The standard InChI is InChI=1S/C36H30N4O2/c1-37-27-17-15-22-10-4-6-12-24(22)32(27)40-20-8-14-25(35(37)40)29-33(41)30(34(29)42)26-13-7-19-39-28-18-16-21-9-3-5-11-23(21)31(28)38(2)36(26)39/h3-6,9-12,15-18H,7-8,13-14,19-20H2,1-2H3. The molecule has 0 radical (unpaired) electrons. The number of carbonyl (C=O) groups excluding carboxylic acids is 1. The molecule has 0 unspecified atom stereocenters. The van der Waals surface area contributed by atoms with Crippen LogP contribution in [0.1, 0.15) is 31.5 Å². The molecular weight excluding hydrogens is 520 g/mol. The summed E-state index contributed by atoms with van der Waals surface area (Å²) in [6.45, 7) is 1.75. The Hall–Kier alpha value is -4.84. The maximum absolute atomic E-state index is 14.1. The van der Waals surface area contributed by atoms with Crippen molar-refractivity contribution in [3.63, 3.8) is 0 Å². The van der Waals surface area contributed by atoms with E-state index in [0.29, 0.717) is 11.1 Å². The predicted molar refractivity (Wildman–Crippen MR) is 165 cm³/mol. The number of Topliss-reactive ketones (excluding diaryl/α,β-unsaturated/α-hetero) is 1. The molecule has 6 nitrogen and oxygen atoms in total. The number of aryl methyl sites for hydroxylation is 2. The first kappa shape index (κ1) is 23.8. The number of carbonyl (C=O) groups is 1. The lowest BCUT2D eigenvalue weighted by Crippen LogP contribution is -2.40. The molecule has 5 aromatic rings. The molecule has 0 fully saturated rings. The van der Waals surface area contributed by atoms with Crippen molar-refractivity contribution in [1.82, 2.24) is 4.57 Å². The Morgan fingerprint density at radius 2 is 1.48 bits per heavy atom. The Morgan fingerprint density at radius 3 is 2.29 bits per heavy atom. The molecular formula is C36H30N4O2. The summed E-state index contributed by atoms with van der Waals surface area (Å²) in [6.07, 6.45) is 3.28. The Kier molecular flexibility index (Phi) is 4.74. The van der Waals surface area contributed by atoms with E-state index in [-0.39, 0.29) is 11.5 Å². The number of hydrogen-bond donors (Lipinski definition) is 0. The van der Waals surface area contributed by atoms with Gasteiger partial charge >= 0.3 is 0 Å². The highest BCUT2D eigenvalue weighted by molar-refractivity contribution is 6.25. The van der Waals surface area contributed by atoms with Crippen molar-refractivity contribution in [2.24, 2.45) is 7.05 Å². The fraction of sp³-hybridized carbons (Fsp3) is 0.222. The molecule has 1 aliphatic carbocycles. The van der Waals surface area contributed by atoms with Gasteiger partial charge in [0.1, 0.15) is 5.82 Å². The minimum Gasteiger partial charge on any atom is -0.871 e. The Bertz CT molecular complexity index is 2160. The number of rotatable bonds is 1. The van der Waals surface area contributed by atoms with E-state index < -0.39 is 0 Å². The first-order valence-corrected chi connectivity index (χ1v) is 14.9. The van der Waals surface area contributed by atoms with E-state index in [1.807, 2.05) is 0 Å². The van der Waals surface area contributed by atoms with Crippen LogP contribution in [-0.4, -0.2) is 23.9 Å². The van der Waals surface area contributed by atoms with Gasteiger partial charge in [0.15, 0.2) is 16.8 Å². The van der Waals surface area contributed by atoms with E-state index in [1.165, 1.54) is 27.2 Å². The molecule has 3 aliphatic heterocycles. The topological polar surface area (TPSA) is 55.4 Å². The van der Waals surface area contributed by atoms with E-state index in [9.17, 15) is 9.90 Å². The zero-order chi connectivity index (χ0) is 28.3. The summed E-state index contributed by atoms with van der Waals surface area (Å²) in [7, 11) is 4.13. The molecule has 9 rings (SSSR count). The van der Waals surface area contributed by atoms with Crippen LogP contribution in [0.3, 0.4) is 0 Å². The average molecular weight is 551 g/mol. The predicted octanol–water partition coefficient (Wildman–Crippen LogP) is 5.48. The Balaban J connectivity index is 1.23. The number of ketones is 1. The SMILES string of the molecule is CN1C2=C(C3=C([O-])/C(=C4/CCCn5c4[n+](C)c4c6ccccc6ccc45)C3=O)CCCN2c2c1ccc1ccccc21. The summed E-state index contributed by atoms with van der Waals surface area (Å²) < 4.78 is 4.51.